The maximum atomic E-state index is 5.88. The van der Waals surface area contributed by atoms with E-state index in [-0.39, 0.29) is 0 Å². The Labute approximate surface area is 130 Å². The van der Waals surface area contributed by atoms with Gasteiger partial charge in [0.05, 0.1) is 12.7 Å². The number of methoxy groups -OCH3 is 1. The van der Waals surface area contributed by atoms with Crippen LogP contribution in [0.5, 0.6) is 11.6 Å². The molecule has 0 radical (unpaired) electrons. The molecule has 5 heteroatoms. The lowest BCUT2D eigenvalue weighted by molar-refractivity contribution is 0.293. The number of pyridine rings is 1. The number of aliphatic imine (C=N–C) groups is 1. The molecule has 0 fully saturated rings. The second kappa shape index (κ2) is 6.93. The van der Waals surface area contributed by atoms with Gasteiger partial charge in [-0.15, -0.1) is 0 Å². The van der Waals surface area contributed by atoms with Crippen molar-refractivity contribution in [2.24, 2.45) is 4.99 Å². The van der Waals surface area contributed by atoms with Gasteiger partial charge in [0.2, 0.25) is 5.88 Å². The van der Waals surface area contributed by atoms with Crippen LogP contribution in [0.3, 0.4) is 0 Å². The third-order valence-corrected chi connectivity index (χ3v) is 3.46. The molecule has 1 aliphatic heterocycles. The average Bonchev–Trinajstić information content (AvgIpc) is 2.61. The summed E-state index contributed by atoms with van der Waals surface area (Å²) in [7, 11) is 1.66. The number of ether oxygens (including phenoxy) is 2. The quantitative estimate of drug-likeness (QED) is 0.921. The SMILES string of the molecule is COc1ccc(COc2ncccc2C2=NCCCN2)cc1. The standard InChI is InChI=1S/C17H19N3O2/c1-21-14-7-5-13(6-8-14)12-22-17-15(4-2-9-20-17)16-18-10-3-11-19-16/h2,4-9H,3,10-12H2,1H3,(H,18,19). The van der Waals surface area contributed by atoms with E-state index in [9.17, 15) is 0 Å². The van der Waals surface area contributed by atoms with Crippen LogP contribution in [0.4, 0.5) is 0 Å². The molecule has 1 aromatic carbocycles. The molecule has 1 N–H and O–H groups in total. The molecule has 2 heterocycles. The summed E-state index contributed by atoms with van der Waals surface area (Å²) in [5, 5.41) is 3.30. The molecular formula is C17H19N3O2. The number of hydrogen-bond acceptors (Lipinski definition) is 5. The van der Waals surface area contributed by atoms with Crippen LogP contribution in [-0.4, -0.2) is 31.0 Å². The van der Waals surface area contributed by atoms with E-state index >= 15 is 0 Å². The maximum Gasteiger partial charge on any atom is 0.224 e. The lowest BCUT2D eigenvalue weighted by Crippen LogP contribution is -2.30. The van der Waals surface area contributed by atoms with E-state index in [1.807, 2.05) is 36.4 Å². The number of amidine groups is 1. The zero-order chi connectivity index (χ0) is 15.2. The summed E-state index contributed by atoms with van der Waals surface area (Å²) in [6.07, 6.45) is 2.79. The third kappa shape index (κ3) is 3.36. The molecule has 0 spiro atoms. The van der Waals surface area contributed by atoms with Gasteiger partial charge in [-0.25, -0.2) is 4.98 Å². The fraction of sp³-hybridized carbons (Fsp3) is 0.294. The highest BCUT2D eigenvalue weighted by Crippen LogP contribution is 2.18. The summed E-state index contributed by atoms with van der Waals surface area (Å²) in [6.45, 7) is 2.24. The highest BCUT2D eigenvalue weighted by Gasteiger charge is 2.13. The zero-order valence-corrected chi connectivity index (χ0v) is 12.6. The van der Waals surface area contributed by atoms with Gasteiger partial charge in [-0.2, -0.15) is 0 Å². The summed E-state index contributed by atoms with van der Waals surface area (Å²) in [4.78, 5) is 8.84. The van der Waals surface area contributed by atoms with Crippen molar-refractivity contribution < 1.29 is 9.47 Å². The predicted molar refractivity (Wildman–Crippen MR) is 85.6 cm³/mol. The molecule has 0 saturated heterocycles. The van der Waals surface area contributed by atoms with Crippen LogP contribution < -0.4 is 14.8 Å². The van der Waals surface area contributed by atoms with Gasteiger partial charge >= 0.3 is 0 Å². The molecule has 0 atom stereocenters. The number of aromatic nitrogens is 1. The minimum absolute atomic E-state index is 0.460. The number of nitrogens with one attached hydrogen (secondary N) is 1. The largest absolute Gasteiger partial charge is 0.497 e. The van der Waals surface area contributed by atoms with Crippen molar-refractivity contribution in [2.75, 3.05) is 20.2 Å². The first kappa shape index (κ1) is 14.4. The Bertz CT molecular complexity index is 653. The number of rotatable bonds is 5. The van der Waals surface area contributed by atoms with Crippen LogP contribution in [-0.2, 0) is 6.61 Å². The maximum absolute atomic E-state index is 5.88. The smallest absolute Gasteiger partial charge is 0.224 e. The molecule has 0 bridgehead atoms. The van der Waals surface area contributed by atoms with Gasteiger partial charge in [-0.05, 0) is 36.2 Å². The van der Waals surface area contributed by atoms with Crippen molar-refractivity contribution in [3.05, 3.63) is 53.7 Å². The Balaban J connectivity index is 1.73. The Morgan fingerprint density at radius 3 is 2.77 bits per heavy atom. The van der Waals surface area contributed by atoms with Crippen molar-refractivity contribution in [1.29, 1.82) is 0 Å². The zero-order valence-electron chi connectivity index (χ0n) is 12.6. The third-order valence-electron chi connectivity index (χ3n) is 3.46. The van der Waals surface area contributed by atoms with Crippen LogP contribution in [0.15, 0.2) is 47.6 Å². The minimum atomic E-state index is 0.460. The molecule has 0 amide bonds. The summed E-state index contributed by atoms with van der Waals surface area (Å²) in [6, 6.07) is 11.7. The Morgan fingerprint density at radius 2 is 2.05 bits per heavy atom. The fourth-order valence-electron chi connectivity index (χ4n) is 2.27. The molecular weight excluding hydrogens is 278 g/mol. The van der Waals surface area contributed by atoms with Gasteiger partial charge in [-0.1, -0.05) is 12.1 Å². The first-order chi connectivity index (χ1) is 10.9. The van der Waals surface area contributed by atoms with Crippen molar-refractivity contribution in [1.82, 2.24) is 10.3 Å². The normalized spacial score (nSPS) is 14.0. The van der Waals surface area contributed by atoms with E-state index < -0.39 is 0 Å². The van der Waals surface area contributed by atoms with Crippen LogP contribution in [0.25, 0.3) is 0 Å². The van der Waals surface area contributed by atoms with Gasteiger partial charge in [-0.3, -0.25) is 4.99 Å². The van der Waals surface area contributed by atoms with Gasteiger partial charge < -0.3 is 14.8 Å². The Hall–Kier alpha value is -2.56. The van der Waals surface area contributed by atoms with Gasteiger partial charge in [0.25, 0.3) is 0 Å². The fourth-order valence-corrected chi connectivity index (χ4v) is 2.27. The lowest BCUT2D eigenvalue weighted by atomic mass is 10.2. The molecule has 0 aliphatic carbocycles. The highest BCUT2D eigenvalue weighted by molar-refractivity contribution is 6.00. The van der Waals surface area contributed by atoms with Crippen molar-refractivity contribution in [3.8, 4) is 11.6 Å². The van der Waals surface area contributed by atoms with E-state index in [2.05, 4.69) is 15.3 Å². The molecule has 22 heavy (non-hydrogen) atoms. The van der Waals surface area contributed by atoms with Crippen LogP contribution in [0.2, 0.25) is 0 Å². The van der Waals surface area contributed by atoms with Crippen molar-refractivity contribution in [3.63, 3.8) is 0 Å². The first-order valence-corrected chi connectivity index (χ1v) is 7.36. The van der Waals surface area contributed by atoms with E-state index in [1.54, 1.807) is 13.3 Å². The lowest BCUT2D eigenvalue weighted by Gasteiger charge is -2.17. The van der Waals surface area contributed by atoms with Crippen molar-refractivity contribution in [2.45, 2.75) is 13.0 Å². The molecule has 5 nitrogen and oxygen atoms in total. The Kier molecular flexibility index (Phi) is 4.53. The van der Waals surface area contributed by atoms with Gasteiger partial charge in [0.15, 0.2) is 0 Å². The van der Waals surface area contributed by atoms with Crippen LogP contribution in [0.1, 0.15) is 17.5 Å². The van der Waals surface area contributed by atoms with E-state index in [0.717, 1.165) is 42.2 Å². The summed E-state index contributed by atoms with van der Waals surface area (Å²) < 4.78 is 11.0. The van der Waals surface area contributed by atoms with E-state index in [4.69, 9.17) is 9.47 Å². The first-order valence-electron chi connectivity index (χ1n) is 7.36. The number of benzene rings is 1. The molecule has 1 aromatic heterocycles. The summed E-state index contributed by atoms with van der Waals surface area (Å²) >= 11 is 0. The number of nitrogens with zero attached hydrogens (tertiary/aromatic N) is 2. The number of hydrogen-bond donors (Lipinski definition) is 1. The van der Waals surface area contributed by atoms with E-state index in [1.165, 1.54) is 0 Å². The molecule has 2 aromatic rings. The summed E-state index contributed by atoms with van der Waals surface area (Å²) in [5.41, 5.74) is 1.98. The van der Waals surface area contributed by atoms with E-state index in [0.29, 0.717) is 12.5 Å². The van der Waals surface area contributed by atoms with Gasteiger partial charge in [0, 0.05) is 19.3 Å². The minimum Gasteiger partial charge on any atom is -0.497 e. The topological polar surface area (TPSA) is 55.7 Å². The highest BCUT2D eigenvalue weighted by atomic mass is 16.5. The van der Waals surface area contributed by atoms with Crippen molar-refractivity contribution >= 4 is 5.84 Å². The van der Waals surface area contributed by atoms with Crippen LogP contribution in [0, 0.1) is 0 Å². The summed E-state index contributed by atoms with van der Waals surface area (Å²) in [5.74, 6) is 2.30. The molecule has 3 rings (SSSR count). The monoisotopic (exact) mass is 297 g/mol. The molecule has 0 saturated carbocycles. The predicted octanol–water partition coefficient (Wildman–Crippen LogP) is 2.41. The molecule has 114 valence electrons. The van der Waals surface area contributed by atoms with Gasteiger partial charge in [0.1, 0.15) is 18.2 Å². The second-order valence-electron chi connectivity index (χ2n) is 5.00. The molecule has 0 unspecified atom stereocenters. The van der Waals surface area contributed by atoms with Crippen LogP contribution >= 0.6 is 0 Å². The molecule has 1 aliphatic rings. The Morgan fingerprint density at radius 1 is 1.18 bits per heavy atom. The second-order valence-corrected chi connectivity index (χ2v) is 5.00. The average molecular weight is 297 g/mol.